The first kappa shape index (κ1) is 20.2. The van der Waals surface area contributed by atoms with E-state index in [0.717, 1.165) is 25.9 Å². The number of nitrogens with zero attached hydrogens (tertiary/aromatic N) is 5. The highest BCUT2D eigenvalue weighted by Crippen LogP contribution is 2.30. The molecule has 8 heteroatoms. The Morgan fingerprint density at radius 3 is 2.47 bits per heavy atom. The van der Waals surface area contributed by atoms with E-state index in [-0.39, 0.29) is 17.7 Å². The predicted molar refractivity (Wildman–Crippen MR) is 122 cm³/mol. The van der Waals surface area contributed by atoms with Crippen LogP contribution in [0.5, 0.6) is 0 Å². The first-order chi connectivity index (χ1) is 15.6. The minimum absolute atomic E-state index is 0.0533. The Kier molecular flexibility index (Phi) is 5.34. The van der Waals surface area contributed by atoms with Crippen LogP contribution in [-0.2, 0) is 4.79 Å². The van der Waals surface area contributed by atoms with Crippen molar-refractivity contribution in [2.24, 2.45) is 5.92 Å². The molecule has 0 bridgehead atoms. The van der Waals surface area contributed by atoms with Crippen molar-refractivity contribution < 1.29 is 9.59 Å². The van der Waals surface area contributed by atoms with Crippen molar-refractivity contribution in [3.05, 3.63) is 66.4 Å². The Bertz CT molecular complexity index is 1130. The van der Waals surface area contributed by atoms with E-state index in [0.29, 0.717) is 30.3 Å². The summed E-state index contributed by atoms with van der Waals surface area (Å²) in [5.74, 6) is 0.778. The van der Waals surface area contributed by atoms with Gasteiger partial charge in [-0.3, -0.25) is 14.2 Å². The van der Waals surface area contributed by atoms with Crippen LogP contribution in [0.2, 0.25) is 0 Å². The standard InChI is InChI=1S/C24H26N6O2/c1-17-4-2-3-5-21(17)28-10-12-29(13-11-28)24(32)20-15-30(16-26-20)22-9-8-19(14-25-22)27-23(31)18-6-7-18/h2-5,8-9,14-16,18H,6-7,10-13H2,1H3,(H,27,31). The van der Waals surface area contributed by atoms with Crippen LogP contribution in [0.1, 0.15) is 28.9 Å². The van der Waals surface area contributed by atoms with Crippen LogP contribution >= 0.6 is 0 Å². The third-order valence-electron chi connectivity index (χ3n) is 6.05. The monoisotopic (exact) mass is 430 g/mol. The van der Waals surface area contributed by atoms with Gasteiger partial charge in [-0.1, -0.05) is 18.2 Å². The molecule has 2 amide bonds. The van der Waals surface area contributed by atoms with Gasteiger partial charge in [-0.2, -0.15) is 0 Å². The molecule has 1 saturated heterocycles. The second-order valence-corrected chi connectivity index (χ2v) is 8.40. The number of anilines is 2. The number of aryl methyl sites for hydroxylation is 1. The molecule has 32 heavy (non-hydrogen) atoms. The van der Waals surface area contributed by atoms with Crippen LogP contribution < -0.4 is 10.2 Å². The van der Waals surface area contributed by atoms with Gasteiger partial charge in [0.05, 0.1) is 11.9 Å². The lowest BCUT2D eigenvalue weighted by Gasteiger charge is -2.36. The largest absolute Gasteiger partial charge is 0.368 e. The minimum atomic E-state index is -0.0681. The summed E-state index contributed by atoms with van der Waals surface area (Å²) >= 11 is 0. The van der Waals surface area contributed by atoms with E-state index in [1.807, 2.05) is 23.1 Å². The fourth-order valence-corrected chi connectivity index (χ4v) is 3.99. The van der Waals surface area contributed by atoms with E-state index in [9.17, 15) is 9.59 Å². The van der Waals surface area contributed by atoms with Gasteiger partial charge in [0, 0.05) is 44.0 Å². The smallest absolute Gasteiger partial charge is 0.274 e. The van der Waals surface area contributed by atoms with Crippen molar-refractivity contribution in [1.82, 2.24) is 19.4 Å². The lowest BCUT2D eigenvalue weighted by molar-refractivity contribution is -0.117. The van der Waals surface area contributed by atoms with Crippen LogP contribution in [0.4, 0.5) is 11.4 Å². The van der Waals surface area contributed by atoms with Crippen molar-refractivity contribution in [3.8, 4) is 5.82 Å². The fourth-order valence-electron chi connectivity index (χ4n) is 3.99. The molecule has 2 aromatic heterocycles. The SMILES string of the molecule is Cc1ccccc1N1CCN(C(=O)c2cn(-c3ccc(NC(=O)C4CC4)cn3)cn2)CC1. The zero-order valence-electron chi connectivity index (χ0n) is 18.1. The molecule has 1 saturated carbocycles. The average molecular weight is 431 g/mol. The van der Waals surface area contributed by atoms with E-state index < -0.39 is 0 Å². The van der Waals surface area contributed by atoms with Crippen LogP contribution in [0, 0.1) is 12.8 Å². The molecule has 0 radical (unpaired) electrons. The minimum Gasteiger partial charge on any atom is -0.368 e. The van der Waals surface area contributed by atoms with Crippen molar-refractivity contribution in [2.75, 3.05) is 36.4 Å². The van der Waals surface area contributed by atoms with Crippen LogP contribution in [0.25, 0.3) is 5.82 Å². The number of rotatable bonds is 5. The van der Waals surface area contributed by atoms with Crippen molar-refractivity contribution >= 4 is 23.2 Å². The summed E-state index contributed by atoms with van der Waals surface area (Å²) in [4.78, 5) is 37.7. The quantitative estimate of drug-likeness (QED) is 0.673. The zero-order valence-corrected chi connectivity index (χ0v) is 18.1. The van der Waals surface area contributed by atoms with Gasteiger partial charge in [-0.15, -0.1) is 0 Å². The second-order valence-electron chi connectivity index (χ2n) is 8.40. The summed E-state index contributed by atoms with van der Waals surface area (Å²) in [6, 6.07) is 12.0. The lowest BCUT2D eigenvalue weighted by Crippen LogP contribution is -2.49. The number of nitrogens with one attached hydrogen (secondary N) is 1. The zero-order chi connectivity index (χ0) is 22.1. The molecule has 0 unspecified atom stereocenters. The summed E-state index contributed by atoms with van der Waals surface area (Å²) in [6.07, 6.45) is 6.86. The van der Waals surface area contributed by atoms with Gasteiger partial charge in [-0.05, 0) is 43.5 Å². The average Bonchev–Trinajstić information content (AvgIpc) is 3.57. The number of piperazine rings is 1. The number of pyridine rings is 1. The van der Waals surface area contributed by atoms with E-state index in [1.165, 1.54) is 11.3 Å². The van der Waals surface area contributed by atoms with Gasteiger partial charge < -0.3 is 15.1 Å². The molecule has 1 aliphatic heterocycles. The van der Waals surface area contributed by atoms with Gasteiger partial charge in [0.2, 0.25) is 5.91 Å². The highest BCUT2D eigenvalue weighted by molar-refractivity contribution is 5.94. The van der Waals surface area contributed by atoms with Gasteiger partial charge in [0.1, 0.15) is 17.8 Å². The van der Waals surface area contributed by atoms with Crippen LogP contribution in [0.15, 0.2) is 55.1 Å². The third-order valence-corrected chi connectivity index (χ3v) is 6.05. The van der Waals surface area contributed by atoms with Gasteiger partial charge in [0.25, 0.3) is 5.91 Å². The van der Waals surface area contributed by atoms with Crippen LogP contribution in [-0.4, -0.2) is 57.4 Å². The second kappa shape index (κ2) is 8.45. The molecule has 8 nitrogen and oxygen atoms in total. The molecule has 2 aliphatic rings. The molecule has 1 N–H and O–H groups in total. The molecule has 3 aromatic rings. The van der Waals surface area contributed by atoms with Gasteiger partial charge in [0.15, 0.2) is 0 Å². The Morgan fingerprint density at radius 1 is 1.00 bits per heavy atom. The van der Waals surface area contributed by atoms with E-state index in [2.05, 4.69) is 39.2 Å². The first-order valence-electron chi connectivity index (χ1n) is 11.0. The maximum absolute atomic E-state index is 13.0. The number of carbonyl (C=O) groups is 2. The molecule has 1 aliphatic carbocycles. The number of para-hydroxylation sites is 1. The van der Waals surface area contributed by atoms with Gasteiger partial charge >= 0.3 is 0 Å². The fraction of sp³-hybridized carbons (Fsp3) is 0.333. The summed E-state index contributed by atoms with van der Waals surface area (Å²) in [7, 11) is 0. The van der Waals surface area contributed by atoms with Gasteiger partial charge in [-0.25, -0.2) is 9.97 Å². The molecule has 1 aromatic carbocycles. The maximum Gasteiger partial charge on any atom is 0.274 e. The summed E-state index contributed by atoms with van der Waals surface area (Å²) < 4.78 is 1.73. The molecule has 2 fully saturated rings. The molecule has 3 heterocycles. The molecular formula is C24H26N6O2. The summed E-state index contributed by atoms with van der Waals surface area (Å²) in [5, 5.41) is 2.88. The van der Waals surface area contributed by atoms with E-state index >= 15 is 0 Å². The lowest BCUT2D eigenvalue weighted by atomic mass is 10.1. The predicted octanol–water partition coefficient (Wildman–Crippen LogP) is 2.89. The molecule has 0 spiro atoms. The number of hydrogen-bond donors (Lipinski definition) is 1. The number of benzene rings is 1. The topological polar surface area (TPSA) is 83.4 Å². The van der Waals surface area contributed by atoms with Crippen LogP contribution in [0.3, 0.4) is 0 Å². The van der Waals surface area contributed by atoms with Crippen molar-refractivity contribution in [2.45, 2.75) is 19.8 Å². The third kappa shape index (κ3) is 4.21. The Balaban J connectivity index is 1.20. The van der Waals surface area contributed by atoms with Crippen molar-refractivity contribution in [3.63, 3.8) is 0 Å². The molecule has 0 atom stereocenters. The Labute approximate surface area is 186 Å². The summed E-state index contributed by atoms with van der Waals surface area (Å²) in [5.41, 5.74) is 3.55. The van der Waals surface area contributed by atoms with E-state index in [4.69, 9.17) is 0 Å². The highest BCUT2D eigenvalue weighted by Gasteiger charge is 2.29. The first-order valence-corrected chi connectivity index (χ1v) is 11.0. The summed E-state index contributed by atoms with van der Waals surface area (Å²) in [6.45, 7) is 5.03. The Hall–Kier alpha value is -3.68. The number of hydrogen-bond acceptors (Lipinski definition) is 5. The normalized spacial score (nSPS) is 16.2. The highest BCUT2D eigenvalue weighted by atomic mass is 16.2. The van der Waals surface area contributed by atoms with Crippen molar-refractivity contribution in [1.29, 1.82) is 0 Å². The molecule has 5 rings (SSSR count). The van der Waals surface area contributed by atoms with E-state index in [1.54, 1.807) is 29.4 Å². The maximum atomic E-state index is 13.0. The number of imidazole rings is 1. The molecule has 164 valence electrons. The number of aromatic nitrogens is 3. The number of amides is 2. The number of carbonyl (C=O) groups excluding carboxylic acids is 2. The molecular weight excluding hydrogens is 404 g/mol. The Morgan fingerprint density at radius 2 is 1.78 bits per heavy atom.